The molecule has 1 aliphatic heterocycles. The van der Waals surface area contributed by atoms with E-state index in [9.17, 15) is 4.79 Å². The zero-order valence-electron chi connectivity index (χ0n) is 12.9. The number of methoxy groups -OCH3 is 2. The first-order valence-electron chi connectivity index (χ1n) is 7.28. The van der Waals surface area contributed by atoms with Crippen LogP contribution in [-0.4, -0.2) is 44.3 Å². The van der Waals surface area contributed by atoms with Crippen LogP contribution in [0.5, 0.6) is 11.5 Å². The van der Waals surface area contributed by atoms with E-state index in [-0.39, 0.29) is 12.0 Å². The molecule has 1 amide bonds. The number of rotatable bonds is 5. The average molecular weight is 293 g/mol. The maximum atomic E-state index is 12.2. The summed E-state index contributed by atoms with van der Waals surface area (Å²) < 4.78 is 16.3. The molecule has 116 valence electrons. The molecule has 5 heteroatoms. The van der Waals surface area contributed by atoms with E-state index in [2.05, 4.69) is 6.92 Å². The minimum atomic E-state index is 0.112. The lowest BCUT2D eigenvalue weighted by Gasteiger charge is -2.24. The van der Waals surface area contributed by atoms with Crippen LogP contribution in [0.3, 0.4) is 0 Å². The van der Waals surface area contributed by atoms with Crippen LogP contribution in [0.15, 0.2) is 18.2 Å². The molecule has 21 heavy (non-hydrogen) atoms. The van der Waals surface area contributed by atoms with E-state index < -0.39 is 0 Å². The molecule has 1 fully saturated rings. The predicted octanol–water partition coefficient (Wildman–Crippen LogP) is 2.23. The number of ether oxygens (including phenoxy) is 3. The van der Waals surface area contributed by atoms with E-state index in [0.717, 1.165) is 23.5 Å². The lowest BCUT2D eigenvalue weighted by molar-refractivity contribution is -0.131. The molecule has 0 saturated carbocycles. The Balaban J connectivity index is 2.16. The fourth-order valence-electron chi connectivity index (χ4n) is 2.46. The molecule has 5 nitrogen and oxygen atoms in total. The molecule has 1 atom stereocenters. The van der Waals surface area contributed by atoms with Gasteiger partial charge in [0.15, 0.2) is 0 Å². The highest BCUT2D eigenvalue weighted by Gasteiger charge is 2.23. The molecule has 0 unspecified atom stereocenters. The van der Waals surface area contributed by atoms with Crippen LogP contribution in [-0.2, 0) is 16.1 Å². The zero-order chi connectivity index (χ0) is 15.2. The van der Waals surface area contributed by atoms with Gasteiger partial charge in [0, 0.05) is 24.7 Å². The van der Waals surface area contributed by atoms with Gasteiger partial charge in [0.1, 0.15) is 11.5 Å². The Morgan fingerprint density at radius 2 is 2.14 bits per heavy atom. The third-order valence-corrected chi connectivity index (χ3v) is 3.76. The smallest absolute Gasteiger partial charge is 0.225 e. The van der Waals surface area contributed by atoms with E-state index in [1.807, 2.05) is 23.1 Å². The summed E-state index contributed by atoms with van der Waals surface area (Å²) in [5.41, 5.74) is 0.975. The fourth-order valence-corrected chi connectivity index (χ4v) is 2.46. The molecule has 0 spiro atoms. The van der Waals surface area contributed by atoms with Crippen molar-refractivity contribution in [1.82, 2.24) is 4.90 Å². The van der Waals surface area contributed by atoms with Gasteiger partial charge < -0.3 is 19.1 Å². The number of carbonyl (C=O) groups is 1. The van der Waals surface area contributed by atoms with Crippen molar-refractivity contribution in [2.45, 2.75) is 32.4 Å². The quantitative estimate of drug-likeness (QED) is 0.835. The zero-order valence-corrected chi connectivity index (χ0v) is 12.9. The Labute approximate surface area is 125 Å². The van der Waals surface area contributed by atoms with Gasteiger partial charge in [0.2, 0.25) is 5.91 Å². The summed E-state index contributed by atoms with van der Waals surface area (Å²) >= 11 is 0. The molecular weight excluding hydrogens is 270 g/mol. The van der Waals surface area contributed by atoms with Crippen LogP contribution in [0, 0.1) is 0 Å². The third-order valence-electron chi connectivity index (χ3n) is 3.76. The van der Waals surface area contributed by atoms with Gasteiger partial charge in [-0.3, -0.25) is 4.79 Å². The van der Waals surface area contributed by atoms with Crippen molar-refractivity contribution in [3.63, 3.8) is 0 Å². The number of carbonyl (C=O) groups excluding carboxylic acids is 1. The maximum absolute atomic E-state index is 12.2. The van der Waals surface area contributed by atoms with Gasteiger partial charge in [0.05, 0.1) is 33.4 Å². The number of amides is 1. The first-order valence-corrected chi connectivity index (χ1v) is 7.28. The van der Waals surface area contributed by atoms with Crippen molar-refractivity contribution in [2.75, 3.05) is 27.4 Å². The van der Waals surface area contributed by atoms with E-state index in [4.69, 9.17) is 14.2 Å². The molecule has 0 bridgehead atoms. The van der Waals surface area contributed by atoms with Crippen LogP contribution in [0.4, 0.5) is 0 Å². The van der Waals surface area contributed by atoms with Crippen molar-refractivity contribution < 1.29 is 19.0 Å². The van der Waals surface area contributed by atoms with Crippen molar-refractivity contribution in [3.05, 3.63) is 23.8 Å². The molecule has 1 aromatic rings. The molecule has 0 N–H and O–H groups in total. The Bertz CT molecular complexity index is 489. The first kappa shape index (κ1) is 15.6. The maximum Gasteiger partial charge on any atom is 0.225 e. The minimum Gasteiger partial charge on any atom is -0.497 e. The second-order valence-electron chi connectivity index (χ2n) is 5.10. The summed E-state index contributed by atoms with van der Waals surface area (Å²) in [6.07, 6.45) is 1.46. The molecule has 1 saturated heterocycles. The van der Waals surface area contributed by atoms with Gasteiger partial charge in [-0.15, -0.1) is 0 Å². The molecule has 0 aliphatic carbocycles. The highest BCUT2D eigenvalue weighted by atomic mass is 16.5. The van der Waals surface area contributed by atoms with Gasteiger partial charge in [-0.1, -0.05) is 6.92 Å². The molecule has 0 aromatic heterocycles. The predicted molar refractivity (Wildman–Crippen MR) is 79.6 cm³/mol. The second kappa shape index (κ2) is 7.31. The van der Waals surface area contributed by atoms with Gasteiger partial charge in [0.25, 0.3) is 0 Å². The SMILES string of the molecule is CC[C@@H]1CN(Cc2ccc(OC)cc2OC)C(=O)CCO1. The lowest BCUT2D eigenvalue weighted by Crippen LogP contribution is -2.34. The Kier molecular flexibility index (Phi) is 5.44. The number of hydrogen-bond donors (Lipinski definition) is 0. The van der Waals surface area contributed by atoms with Gasteiger partial charge in [-0.25, -0.2) is 0 Å². The number of hydrogen-bond acceptors (Lipinski definition) is 4. The van der Waals surface area contributed by atoms with Crippen LogP contribution in [0.25, 0.3) is 0 Å². The van der Waals surface area contributed by atoms with Gasteiger partial charge >= 0.3 is 0 Å². The second-order valence-corrected chi connectivity index (χ2v) is 5.10. The van der Waals surface area contributed by atoms with E-state index in [1.54, 1.807) is 14.2 Å². The van der Waals surface area contributed by atoms with E-state index in [0.29, 0.717) is 26.1 Å². The van der Waals surface area contributed by atoms with Crippen LogP contribution in [0.2, 0.25) is 0 Å². The molecular formula is C16H23NO4. The summed E-state index contributed by atoms with van der Waals surface area (Å²) in [7, 11) is 3.25. The summed E-state index contributed by atoms with van der Waals surface area (Å²) in [5.74, 6) is 1.61. The summed E-state index contributed by atoms with van der Waals surface area (Å²) in [6.45, 7) is 3.75. The molecule has 1 heterocycles. The third kappa shape index (κ3) is 3.88. The highest BCUT2D eigenvalue weighted by molar-refractivity contribution is 5.76. The Morgan fingerprint density at radius 3 is 2.81 bits per heavy atom. The molecule has 2 rings (SSSR count). The van der Waals surface area contributed by atoms with Crippen molar-refractivity contribution >= 4 is 5.91 Å². The van der Waals surface area contributed by atoms with Crippen LogP contribution >= 0.6 is 0 Å². The lowest BCUT2D eigenvalue weighted by atomic mass is 10.1. The Morgan fingerprint density at radius 1 is 1.33 bits per heavy atom. The van der Waals surface area contributed by atoms with Crippen LogP contribution in [0.1, 0.15) is 25.3 Å². The fraction of sp³-hybridized carbons (Fsp3) is 0.562. The molecule has 0 radical (unpaired) electrons. The number of nitrogens with zero attached hydrogens (tertiary/aromatic N) is 1. The average Bonchev–Trinajstić information content (AvgIpc) is 2.69. The van der Waals surface area contributed by atoms with Crippen molar-refractivity contribution in [2.24, 2.45) is 0 Å². The van der Waals surface area contributed by atoms with Crippen molar-refractivity contribution in [3.8, 4) is 11.5 Å². The normalized spacial score (nSPS) is 19.3. The summed E-state index contributed by atoms with van der Waals surface area (Å²) in [5, 5.41) is 0. The van der Waals surface area contributed by atoms with Gasteiger partial charge in [-0.05, 0) is 18.6 Å². The standard InChI is InChI=1S/C16H23NO4/c1-4-13-11-17(16(18)7-8-21-13)10-12-5-6-14(19-2)9-15(12)20-3/h5-6,9,13H,4,7-8,10-11H2,1-3H3/t13-/m1/s1. The van der Waals surface area contributed by atoms with Gasteiger partial charge in [-0.2, -0.15) is 0 Å². The largest absolute Gasteiger partial charge is 0.497 e. The number of benzene rings is 1. The molecule has 1 aliphatic rings. The highest BCUT2D eigenvalue weighted by Crippen LogP contribution is 2.26. The van der Waals surface area contributed by atoms with Crippen molar-refractivity contribution in [1.29, 1.82) is 0 Å². The first-order chi connectivity index (χ1) is 10.2. The van der Waals surface area contributed by atoms with E-state index >= 15 is 0 Å². The summed E-state index contributed by atoms with van der Waals surface area (Å²) in [4.78, 5) is 14.0. The molecule has 1 aromatic carbocycles. The van der Waals surface area contributed by atoms with Crippen LogP contribution < -0.4 is 9.47 Å². The summed E-state index contributed by atoms with van der Waals surface area (Å²) in [6, 6.07) is 5.66. The van der Waals surface area contributed by atoms with E-state index in [1.165, 1.54) is 0 Å². The minimum absolute atomic E-state index is 0.112. The Hall–Kier alpha value is -1.75. The monoisotopic (exact) mass is 293 g/mol. The topological polar surface area (TPSA) is 48.0 Å².